The number of pyridine rings is 1. The molecular weight excluding hydrogens is 220 g/mol. The molecule has 1 aromatic rings. The quantitative estimate of drug-likeness (QED) is 0.829. The molecule has 1 saturated heterocycles. The molecule has 1 amide bonds. The summed E-state index contributed by atoms with van der Waals surface area (Å²) < 4.78 is 0. The summed E-state index contributed by atoms with van der Waals surface area (Å²) in [4.78, 5) is 28.6. The second-order valence-corrected chi connectivity index (χ2v) is 4.58. The molecule has 2 rings (SSSR count). The third kappa shape index (κ3) is 2.13. The van der Waals surface area contributed by atoms with Crippen LogP contribution in [0.25, 0.3) is 0 Å². The molecule has 5 nitrogen and oxygen atoms in total. The lowest BCUT2D eigenvalue weighted by Gasteiger charge is -2.20. The molecule has 0 radical (unpaired) electrons. The third-order valence-corrected chi connectivity index (χ3v) is 3.19. The van der Waals surface area contributed by atoms with Crippen molar-refractivity contribution >= 4 is 11.9 Å². The van der Waals surface area contributed by atoms with Crippen LogP contribution in [0.3, 0.4) is 0 Å². The lowest BCUT2D eigenvalue weighted by Crippen LogP contribution is -2.34. The van der Waals surface area contributed by atoms with Crippen LogP contribution in [0.5, 0.6) is 0 Å². The summed E-state index contributed by atoms with van der Waals surface area (Å²) in [6, 6.07) is 3.38. The van der Waals surface area contributed by atoms with Crippen molar-refractivity contribution in [2.75, 3.05) is 13.1 Å². The smallest absolute Gasteiger partial charge is 0.311 e. The molecule has 0 aromatic carbocycles. The summed E-state index contributed by atoms with van der Waals surface area (Å²) in [6.45, 7) is 2.42. The highest BCUT2D eigenvalue weighted by Crippen LogP contribution is 2.30. The number of aromatic nitrogens is 1. The fourth-order valence-electron chi connectivity index (χ4n) is 1.98. The maximum absolute atomic E-state index is 12.1. The molecule has 0 unspecified atom stereocenters. The fraction of sp³-hybridized carbons (Fsp3) is 0.417. The number of amides is 1. The number of hydrogen-bond acceptors (Lipinski definition) is 3. The highest BCUT2D eigenvalue weighted by atomic mass is 16.4. The Kier molecular flexibility index (Phi) is 2.83. The SMILES string of the molecule is C[C@@]1(C(=O)O)CCN(C(=O)c2cccnc2)C1. The minimum atomic E-state index is -0.848. The molecule has 1 N–H and O–H groups in total. The lowest BCUT2D eigenvalue weighted by atomic mass is 9.90. The molecule has 0 saturated carbocycles. The van der Waals surface area contributed by atoms with E-state index in [9.17, 15) is 9.59 Å². The summed E-state index contributed by atoms with van der Waals surface area (Å²) in [6.07, 6.45) is 3.59. The molecule has 1 aromatic heterocycles. The van der Waals surface area contributed by atoms with Gasteiger partial charge in [0.05, 0.1) is 11.0 Å². The molecular formula is C12H14N2O3. The van der Waals surface area contributed by atoms with Crippen molar-refractivity contribution in [1.29, 1.82) is 0 Å². The Bertz CT molecular complexity index is 446. The van der Waals surface area contributed by atoms with Gasteiger partial charge in [0.1, 0.15) is 0 Å². The fourth-order valence-corrected chi connectivity index (χ4v) is 1.98. The van der Waals surface area contributed by atoms with E-state index in [1.165, 1.54) is 6.20 Å². The Balaban J connectivity index is 2.12. The number of nitrogens with zero attached hydrogens (tertiary/aromatic N) is 2. The predicted molar refractivity (Wildman–Crippen MR) is 60.5 cm³/mol. The zero-order valence-electron chi connectivity index (χ0n) is 9.59. The molecule has 2 heterocycles. The topological polar surface area (TPSA) is 70.5 Å². The highest BCUT2D eigenvalue weighted by Gasteiger charge is 2.42. The van der Waals surface area contributed by atoms with E-state index < -0.39 is 11.4 Å². The molecule has 1 atom stereocenters. The molecule has 0 aliphatic carbocycles. The Morgan fingerprint density at radius 3 is 2.82 bits per heavy atom. The number of rotatable bonds is 2. The van der Waals surface area contributed by atoms with Crippen LogP contribution in [-0.2, 0) is 4.79 Å². The van der Waals surface area contributed by atoms with E-state index in [1.807, 2.05) is 0 Å². The van der Waals surface area contributed by atoms with Gasteiger partial charge < -0.3 is 10.0 Å². The minimum absolute atomic E-state index is 0.150. The number of carboxylic acids is 1. The van der Waals surface area contributed by atoms with Crippen molar-refractivity contribution in [3.8, 4) is 0 Å². The molecule has 1 fully saturated rings. The van der Waals surface area contributed by atoms with Crippen LogP contribution in [0.2, 0.25) is 0 Å². The first-order valence-electron chi connectivity index (χ1n) is 5.46. The van der Waals surface area contributed by atoms with Crippen LogP contribution < -0.4 is 0 Å². The van der Waals surface area contributed by atoms with Crippen molar-refractivity contribution in [3.05, 3.63) is 30.1 Å². The highest BCUT2D eigenvalue weighted by molar-refractivity contribution is 5.94. The number of likely N-dealkylation sites (tertiary alicyclic amines) is 1. The third-order valence-electron chi connectivity index (χ3n) is 3.19. The zero-order valence-corrected chi connectivity index (χ0v) is 9.59. The van der Waals surface area contributed by atoms with E-state index >= 15 is 0 Å². The largest absolute Gasteiger partial charge is 0.481 e. The Morgan fingerprint density at radius 1 is 1.53 bits per heavy atom. The Labute approximate surface area is 99.1 Å². The van der Waals surface area contributed by atoms with Crippen LogP contribution in [-0.4, -0.2) is 40.0 Å². The molecule has 5 heteroatoms. The number of carbonyl (C=O) groups is 2. The molecule has 0 spiro atoms. The van der Waals surface area contributed by atoms with Crippen LogP contribution in [0, 0.1) is 5.41 Å². The second kappa shape index (κ2) is 4.16. The molecule has 0 bridgehead atoms. The van der Waals surface area contributed by atoms with Crippen LogP contribution in [0.4, 0.5) is 0 Å². The summed E-state index contributed by atoms with van der Waals surface area (Å²) in [7, 11) is 0. The minimum Gasteiger partial charge on any atom is -0.481 e. The van der Waals surface area contributed by atoms with Crippen LogP contribution >= 0.6 is 0 Å². The lowest BCUT2D eigenvalue weighted by molar-refractivity contribution is -0.147. The number of hydrogen-bond donors (Lipinski definition) is 1. The second-order valence-electron chi connectivity index (χ2n) is 4.58. The van der Waals surface area contributed by atoms with Gasteiger partial charge in [0.2, 0.25) is 0 Å². The van der Waals surface area contributed by atoms with Crippen LogP contribution in [0.15, 0.2) is 24.5 Å². The first-order chi connectivity index (χ1) is 8.03. The monoisotopic (exact) mass is 234 g/mol. The van der Waals surface area contributed by atoms with Gasteiger partial charge in [-0.2, -0.15) is 0 Å². The van der Waals surface area contributed by atoms with Crippen molar-refractivity contribution in [2.24, 2.45) is 5.41 Å². The summed E-state index contributed by atoms with van der Waals surface area (Å²) in [5.74, 6) is -0.998. The van der Waals surface area contributed by atoms with Gasteiger partial charge in [-0.05, 0) is 25.5 Å². The molecule has 17 heavy (non-hydrogen) atoms. The molecule has 1 aliphatic rings. The Morgan fingerprint density at radius 2 is 2.29 bits per heavy atom. The zero-order chi connectivity index (χ0) is 12.5. The summed E-state index contributed by atoms with van der Waals surface area (Å²) in [5.41, 5.74) is -0.320. The van der Waals surface area contributed by atoms with Gasteiger partial charge in [0.15, 0.2) is 0 Å². The molecule has 90 valence electrons. The summed E-state index contributed by atoms with van der Waals surface area (Å²) >= 11 is 0. The summed E-state index contributed by atoms with van der Waals surface area (Å²) in [5, 5.41) is 9.09. The van der Waals surface area contributed by atoms with Gasteiger partial charge in [-0.3, -0.25) is 14.6 Å². The number of aliphatic carboxylic acids is 1. The number of carboxylic acid groups (broad SMARTS) is 1. The van der Waals surface area contributed by atoms with Gasteiger partial charge >= 0.3 is 5.97 Å². The van der Waals surface area contributed by atoms with Crippen LogP contribution in [0.1, 0.15) is 23.7 Å². The van der Waals surface area contributed by atoms with E-state index in [-0.39, 0.29) is 12.5 Å². The van der Waals surface area contributed by atoms with Gasteiger partial charge in [-0.25, -0.2) is 0 Å². The first-order valence-corrected chi connectivity index (χ1v) is 5.46. The average molecular weight is 234 g/mol. The van der Waals surface area contributed by atoms with Gasteiger partial charge in [0, 0.05) is 25.5 Å². The van der Waals surface area contributed by atoms with Crippen molar-refractivity contribution in [2.45, 2.75) is 13.3 Å². The number of carbonyl (C=O) groups excluding carboxylic acids is 1. The van der Waals surface area contributed by atoms with Crippen molar-refractivity contribution in [1.82, 2.24) is 9.88 Å². The van der Waals surface area contributed by atoms with E-state index in [2.05, 4.69) is 4.98 Å². The van der Waals surface area contributed by atoms with E-state index in [0.29, 0.717) is 18.5 Å². The predicted octanol–water partition coefficient (Wildman–Crippen LogP) is 1.02. The normalized spacial score (nSPS) is 23.7. The Hall–Kier alpha value is -1.91. The molecule has 1 aliphatic heterocycles. The first kappa shape index (κ1) is 11.6. The maximum atomic E-state index is 12.1. The maximum Gasteiger partial charge on any atom is 0.311 e. The average Bonchev–Trinajstić information content (AvgIpc) is 2.74. The van der Waals surface area contributed by atoms with E-state index in [0.717, 1.165) is 0 Å². The van der Waals surface area contributed by atoms with Gasteiger partial charge in [-0.15, -0.1) is 0 Å². The van der Waals surface area contributed by atoms with E-state index in [1.54, 1.807) is 30.2 Å². The van der Waals surface area contributed by atoms with Gasteiger partial charge in [-0.1, -0.05) is 0 Å². The van der Waals surface area contributed by atoms with E-state index in [4.69, 9.17) is 5.11 Å². The van der Waals surface area contributed by atoms with Crippen molar-refractivity contribution < 1.29 is 14.7 Å². The van der Waals surface area contributed by atoms with Gasteiger partial charge in [0.25, 0.3) is 5.91 Å². The standard InChI is InChI=1S/C12H14N2O3/c1-12(11(16)17)4-6-14(8-12)10(15)9-3-2-5-13-7-9/h2-3,5,7H,4,6,8H2,1H3,(H,16,17)/t12-/m1/s1. The van der Waals surface area contributed by atoms with Crippen molar-refractivity contribution in [3.63, 3.8) is 0 Å².